The highest BCUT2D eigenvalue weighted by Gasteiger charge is 2.39. The molecule has 1 aromatic carbocycles. The Morgan fingerprint density at radius 3 is 2.69 bits per heavy atom. The minimum absolute atomic E-state index is 0.107. The van der Waals surface area contributed by atoms with E-state index in [0.29, 0.717) is 27.4 Å². The first-order chi connectivity index (χ1) is 12.4. The van der Waals surface area contributed by atoms with Gasteiger partial charge in [-0.05, 0) is 71.8 Å². The molecule has 26 heavy (non-hydrogen) atoms. The normalized spacial score (nSPS) is 18.5. The summed E-state index contributed by atoms with van der Waals surface area (Å²) in [7, 11) is -3.78. The fourth-order valence-electron chi connectivity index (χ4n) is 2.66. The number of sulfonamides is 1. The highest BCUT2D eigenvalue weighted by Crippen LogP contribution is 2.27. The van der Waals surface area contributed by atoms with E-state index in [1.807, 2.05) is 22.6 Å². The SMILES string of the molecule is O=C(N/N=C\c1ccc(I)o1)[C@@H]1CCCN1S(=O)(=O)c1ccc(Cl)cc1. The van der Waals surface area contributed by atoms with Gasteiger partial charge in [0.15, 0.2) is 3.77 Å². The third kappa shape index (κ3) is 4.27. The summed E-state index contributed by atoms with van der Waals surface area (Å²) in [4.78, 5) is 12.5. The van der Waals surface area contributed by atoms with Crippen molar-refractivity contribution in [2.45, 2.75) is 23.8 Å². The van der Waals surface area contributed by atoms with Crippen LogP contribution in [0.1, 0.15) is 18.6 Å². The minimum atomic E-state index is -3.78. The molecule has 2 heterocycles. The second kappa shape index (κ2) is 8.07. The van der Waals surface area contributed by atoms with Gasteiger partial charge in [0.05, 0.1) is 11.1 Å². The highest BCUT2D eigenvalue weighted by molar-refractivity contribution is 14.1. The van der Waals surface area contributed by atoms with E-state index in [9.17, 15) is 13.2 Å². The molecule has 0 spiro atoms. The Kier molecular flexibility index (Phi) is 6.00. The number of carbonyl (C=O) groups is 1. The molecule has 1 aliphatic heterocycles. The summed E-state index contributed by atoms with van der Waals surface area (Å²) in [5, 5.41) is 4.29. The fraction of sp³-hybridized carbons (Fsp3) is 0.250. The van der Waals surface area contributed by atoms with Crippen molar-refractivity contribution in [2.75, 3.05) is 6.54 Å². The molecule has 10 heteroatoms. The third-order valence-corrected chi connectivity index (χ3v) is 6.64. The molecule has 1 fully saturated rings. The predicted molar refractivity (Wildman–Crippen MR) is 106 cm³/mol. The summed E-state index contributed by atoms with van der Waals surface area (Å²) >= 11 is 7.83. The zero-order valence-corrected chi connectivity index (χ0v) is 17.2. The molecule has 0 saturated carbocycles. The lowest BCUT2D eigenvalue weighted by atomic mass is 10.2. The van der Waals surface area contributed by atoms with Crippen LogP contribution in [0.3, 0.4) is 0 Å². The summed E-state index contributed by atoms with van der Waals surface area (Å²) < 4.78 is 32.8. The number of amides is 1. The second-order valence-corrected chi connectivity index (χ2v) is 8.99. The zero-order chi connectivity index (χ0) is 18.7. The van der Waals surface area contributed by atoms with Gasteiger partial charge >= 0.3 is 0 Å². The van der Waals surface area contributed by atoms with Gasteiger partial charge in [0.25, 0.3) is 5.91 Å². The van der Waals surface area contributed by atoms with Crippen LogP contribution in [-0.2, 0) is 14.8 Å². The van der Waals surface area contributed by atoms with Crippen LogP contribution in [0.15, 0.2) is 50.8 Å². The van der Waals surface area contributed by atoms with E-state index in [2.05, 4.69) is 10.5 Å². The monoisotopic (exact) mass is 507 g/mol. The van der Waals surface area contributed by atoms with E-state index in [1.54, 1.807) is 12.1 Å². The molecule has 1 aromatic heterocycles. The number of hydrogen-bond donors (Lipinski definition) is 1. The van der Waals surface area contributed by atoms with Gasteiger partial charge < -0.3 is 4.42 Å². The van der Waals surface area contributed by atoms with Crippen LogP contribution in [-0.4, -0.2) is 37.4 Å². The predicted octanol–water partition coefficient (Wildman–Crippen LogP) is 2.84. The molecule has 0 radical (unpaired) electrons. The lowest BCUT2D eigenvalue weighted by molar-refractivity contribution is -0.124. The largest absolute Gasteiger partial charge is 0.449 e. The average Bonchev–Trinajstić information content (AvgIpc) is 3.24. The van der Waals surface area contributed by atoms with Gasteiger partial charge in [-0.2, -0.15) is 9.41 Å². The Hall–Kier alpha value is -1.43. The standard InChI is InChI=1S/C16H15ClIN3O4S/c17-11-3-6-13(7-4-11)26(23,24)21-9-1-2-14(21)16(22)20-19-10-12-5-8-15(18)25-12/h3-8,10,14H,1-2,9H2,(H,20,22)/b19-10-/t14-/m0/s1. The Morgan fingerprint density at radius 1 is 1.31 bits per heavy atom. The smallest absolute Gasteiger partial charge is 0.258 e. The van der Waals surface area contributed by atoms with E-state index in [4.69, 9.17) is 16.0 Å². The maximum Gasteiger partial charge on any atom is 0.258 e. The van der Waals surface area contributed by atoms with Gasteiger partial charge in [0.2, 0.25) is 10.0 Å². The molecule has 3 rings (SSSR count). The molecule has 1 aliphatic rings. The van der Waals surface area contributed by atoms with E-state index in [1.165, 1.54) is 34.8 Å². The van der Waals surface area contributed by atoms with Crippen molar-refractivity contribution >= 4 is 56.3 Å². The molecule has 1 atom stereocenters. The summed E-state index contributed by atoms with van der Waals surface area (Å²) in [6.45, 7) is 0.281. The maximum absolute atomic E-state index is 12.8. The first-order valence-electron chi connectivity index (χ1n) is 7.73. The van der Waals surface area contributed by atoms with Crippen LogP contribution in [0.5, 0.6) is 0 Å². The number of furan rings is 1. The van der Waals surface area contributed by atoms with Gasteiger partial charge in [-0.3, -0.25) is 4.79 Å². The lowest BCUT2D eigenvalue weighted by Gasteiger charge is -2.22. The molecule has 0 aliphatic carbocycles. The molecule has 0 unspecified atom stereocenters. The molecule has 7 nitrogen and oxygen atoms in total. The Labute approximate surface area is 169 Å². The first kappa shape index (κ1) is 19.3. The molecule has 138 valence electrons. The van der Waals surface area contributed by atoms with Crippen LogP contribution in [0.25, 0.3) is 0 Å². The van der Waals surface area contributed by atoms with Gasteiger partial charge in [-0.15, -0.1) is 0 Å². The summed E-state index contributed by atoms with van der Waals surface area (Å²) in [5.41, 5.74) is 2.39. The van der Waals surface area contributed by atoms with Crippen molar-refractivity contribution in [3.63, 3.8) is 0 Å². The van der Waals surface area contributed by atoms with Crippen molar-refractivity contribution in [1.82, 2.24) is 9.73 Å². The number of halogens is 2. The average molecular weight is 508 g/mol. The van der Waals surface area contributed by atoms with E-state index in [-0.39, 0.29) is 11.4 Å². The van der Waals surface area contributed by atoms with Gasteiger partial charge in [0.1, 0.15) is 11.8 Å². The van der Waals surface area contributed by atoms with E-state index >= 15 is 0 Å². The Morgan fingerprint density at radius 2 is 2.04 bits per heavy atom. The van der Waals surface area contributed by atoms with Gasteiger partial charge in [-0.25, -0.2) is 13.8 Å². The molecular weight excluding hydrogens is 493 g/mol. The van der Waals surface area contributed by atoms with Gasteiger partial charge in [-0.1, -0.05) is 11.6 Å². The minimum Gasteiger partial charge on any atom is -0.449 e. The summed E-state index contributed by atoms with van der Waals surface area (Å²) in [6.07, 6.45) is 2.41. The number of hydrogen-bond acceptors (Lipinski definition) is 5. The van der Waals surface area contributed by atoms with Crippen LogP contribution in [0.4, 0.5) is 0 Å². The number of nitrogens with one attached hydrogen (secondary N) is 1. The quantitative estimate of drug-likeness (QED) is 0.383. The van der Waals surface area contributed by atoms with Crippen molar-refractivity contribution < 1.29 is 17.6 Å². The van der Waals surface area contributed by atoms with Crippen molar-refractivity contribution in [2.24, 2.45) is 5.10 Å². The first-order valence-corrected chi connectivity index (χ1v) is 10.6. The van der Waals surface area contributed by atoms with Crippen molar-refractivity contribution in [3.05, 3.63) is 50.9 Å². The van der Waals surface area contributed by atoms with E-state index in [0.717, 1.165) is 0 Å². The van der Waals surface area contributed by atoms with Crippen LogP contribution in [0.2, 0.25) is 5.02 Å². The number of rotatable bonds is 5. The number of hydrazone groups is 1. The maximum atomic E-state index is 12.8. The Bertz CT molecular complexity index is 927. The number of benzene rings is 1. The zero-order valence-electron chi connectivity index (χ0n) is 13.4. The molecular formula is C16H15ClIN3O4S. The lowest BCUT2D eigenvalue weighted by Crippen LogP contribution is -2.44. The topological polar surface area (TPSA) is 92.0 Å². The van der Waals surface area contributed by atoms with Gasteiger partial charge in [0, 0.05) is 11.6 Å². The molecule has 1 N–H and O–H groups in total. The fourth-order valence-corrected chi connectivity index (χ4v) is 4.88. The summed E-state index contributed by atoms with van der Waals surface area (Å²) in [5.74, 6) is 0.0179. The highest BCUT2D eigenvalue weighted by atomic mass is 127. The number of carbonyl (C=O) groups excluding carboxylic acids is 1. The number of nitrogens with zero attached hydrogens (tertiary/aromatic N) is 2. The molecule has 1 saturated heterocycles. The summed E-state index contributed by atoms with van der Waals surface area (Å²) in [6, 6.07) is 8.56. The third-order valence-electron chi connectivity index (χ3n) is 3.89. The molecule has 1 amide bonds. The molecule has 2 aromatic rings. The van der Waals surface area contributed by atoms with Crippen LogP contribution >= 0.6 is 34.2 Å². The van der Waals surface area contributed by atoms with Crippen LogP contribution in [0, 0.1) is 3.77 Å². The van der Waals surface area contributed by atoms with E-state index < -0.39 is 22.0 Å². The second-order valence-electron chi connectivity index (χ2n) is 5.60. The van der Waals surface area contributed by atoms with Crippen LogP contribution < -0.4 is 5.43 Å². The van der Waals surface area contributed by atoms with Crippen molar-refractivity contribution in [3.8, 4) is 0 Å². The Balaban J connectivity index is 1.71. The molecule has 0 bridgehead atoms. The van der Waals surface area contributed by atoms with Crippen molar-refractivity contribution in [1.29, 1.82) is 0 Å².